The molecule has 6 N–H and O–H groups in total. The predicted octanol–water partition coefficient (Wildman–Crippen LogP) is 1.29. The van der Waals surface area contributed by atoms with Crippen LogP contribution in [0, 0.1) is 5.21 Å². The molecule has 1 unspecified atom stereocenters. The van der Waals surface area contributed by atoms with Gasteiger partial charge in [0.2, 0.25) is 0 Å². The Balaban J connectivity index is 1.28. The molecule has 11 heteroatoms. The molecule has 0 fully saturated rings. The number of hydrogen-bond donors (Lipinski definition) is 6. The molecule has 188 valence electrons. The first-order chi connectivity index (χ1) is 18.0. The molecule has 0 radical (unpaired) electrons. The third-order valence-electron chi connectivity index (χ3n) is 5.94. The predicted molar refractivity (Wildman–Crippen MR) is 140 cm³/mol. The summed E-state index contributed by atoms with van der Waals surface area (Å²) in [4.78, 5) is 34.4. The van der Waals surface area contributed by atoms with Crippen LogP contribution in [0.4, 0.5) is 17.1 Å². The Morgan fingerprint density at radius 2 is 1.30 bits per heavy atom. The maximum atomic E-state index is 12.9. The van der Waals surface area contributed by atoms with E-state index in [1.807, 2.05) is 24.3 Å². The molecule has 0 saturated heterocycles. The number of hydrogen-bond acceptors (Lipinski definition) is 8. The third kappa shape index (κ3) is 5.48. The summed E-state index contributed by atoms with van der Waals surface area (Å²) in [7, 11) is 0. The molecule has 2 amide bonds. The van der Waals surface area contributed by atoms with E-state index in [1.165, 1.54) is 18.2 Å². The van der Waals surface area contributed by atoms with Gasteiger partial charge in [-0.05, 0) is 60.7 Å². The van der Waals surface area contributed by atoms with Crippen molar-refractivity contribution in [2.24, 2.45) is 9.98 Å². The largest absolute Gasteiger partial charge is 0.595 e. The third-order valence-corrected chi connectivity index (χ3v) is 5.94. The second-order valence-corrected chi connectivity index (χ2v) is 8.44. The maximum Gasteiger partial charge on any atom is 0.261 e. The molecule has 0 aliphatic carbocycles. The van der Waals surface area contributed by atoms with Crippen LogP contribution >= 0.6 is 0 Å². The Labute approximate surface area is 212 Å². The highest BCUT2D eigenvalue weighted by Crippen LogP contribution is 2.19. The van der Waals surface area contributed by atoms with Crippen LogP contribution in [0.15, 0.2) is 76.7 Å². The van der Waals surface area contributed by atoms with Gasteiger partial charge in [0.25, 0.3) is 11.8 Å². The van der Waals surface area contributed by atoms with Gasteiger partial charge in [-0.1, -0.05) is 0 Å². The van der Waals surface area contributed by atoms with Crippen molar-refractivity contribution in [3.8, 4) is 0 Å². The van der Waals surface area contributed by atoms with Crippen molar-refractivity contribution in [3.05, 3.63) is 94.2 Å². The average molecular weight is 500 g/mol. The topological polar surface area (TPSA) is 155 Å². The second kappa shape index (κ2) is 10.6. The maximum absolute atomic E-state index is 12.9. The zero-order valence-electron chi connectivity index (χ0n) is 19.7. The molecule has 0 bridgehead atoms. The van der Waals surface area contributed by atoms with Crippen molar-refractivity contribution >= 4 is 40.5 Å². The lowest BCUT2D eigenvalue weighted by Crippen LogP contribution is -2.99. The molecule has 0 aromatic heterocycles. The molecule has 3 aromatic rings. The van der Waals surface area contributed by atoms with E-state index in [2.05, 4.69) is 31.3 Å². The van der Waals surface area contributed by atoms with E-state index in [-0.39, 0.29) is 16.8 Å². The van der Waals surface area contributed by atoms with Crippen LogP contribution in [0.1, 0.15) is 31.8 Å². The highest BCUT2D eigenvalue weighted by Gasteiger charge is 2.20. The van der Waals surface area contributed by atoms with Gasteiger partial charge >= 0.3 is 0 Å². The summed E-state index contributed by atoms with van der Waals surface area (Å²) in [6, 6.07) is 18.2. The number of carbonyl (C=O) groups excluding carboxylic acids is 2. The van der Waals surface area contributed by atoms with Gasteiger partial charge in [0.05, 0.1) is 13.1 Å². The molecule has 11 nitrogen and oxygen atoms in total. The van der Waals surface area contributed by atoms with Gasteiger partial charge in [0.15, 0.2) is 5.69 Å². The summed E-state index contributed by atoms with van der Waals surface area (Å²) in [6.45, 7) is 3.04. The second-order valence-electron chi connectivity index (χ2n) is 8.44. The van der Waals surface area contributed by atoms with Crippen LogP contribution in [0.3, 0.4) is 0 Å². The molecule has 2 aliphatic rings. The van der Waals surface area contributed by atoms with E-state index in [9.17, 15) is 20.0 Å². The number of carbonyl (C=O) groups is 2. The van der Waals surface area contributed by atoms with E-state index in [4.69, 9.17) is 0 Å². The smallest absolute Gasteiger partial charge is 0.261 e. The first kappa shape index (κ1) is 24.1. The lowest BCUT2D eigenvalue weighted by atomic mass is 10.1. The lowest BCUT2D eigenvalue weighted by Gasteiger charge is -2.17. The first-order valence-electron chi connectivity index (χ1n) is 11.8. The van der Waals surface area contributed by atoms with Crippen molar-refractivity contribution in [1.29, 1.82) is 0 Å². The zero-order chi connectivity index (χ0) is 25.8. The first-order valence-corrected chi connectivity index (χ1v) is 11.8. The Morgan fingerprint density at radius 3 is 1.76 bits per heavy atom. The van der Waals surface area contributed by atoms with Crippen molar-refractivity contribution in [3.63, 3.8) is 0 Å². The fraction of sp³-hybridized carbons (Fsp3) is 0.154. The summed E-state index contributed by atoms with van der Waals surface area (Å²) in [6.07, 6.45) is 0. The fourth-order valence-electron chi connectivity index (χ4n) is 4.07. The Kier molecular flexibility index (Phi) is 6.90. The number of nitrogens with one attached hydrogen (secondary N) is 5. The van der Waals surface area contributed by atoms with E-state index in [0.717, 1.165) is 49.0 Å². The highest BCUT2D eigenvalue weighted by atomic mass is 16.8. The van der Waals surface area contributed by atoms with Gasteiger partial charge in [0.1, 0.15) is 17.2 Å². The standard InChI is InChI=1S/C26H25N7O4/c34-25(31-19-6-1-16(2-7-19)23-27-11-12-28-23)18-5-10-21(22(15-18)33(36)37)26(35)32-20-8-3-17(4-9-20)24-29-13-14-30-24/h1-10,15,33,36H,11-14H2,(H,27,28)(H,29,30)(H,31,34)(H,32,35). The van der Waals surface area contributed by atoms with Crippen molar-refractivity contribution in [1.82, 2.24) is 10.6 Å². The summed E-state index contributed by atoms with van der Waals surface area (Å²) in [5.74, 6) is 0.537. The van der Waals surface area contributed by atoms with Crippen LogP contribution in [-0.4, -0.2) is 54.9 Å². The molecule has 2 aliphatic heterocycles. The van der Waals surface area contributed by atoms with E-state index >= 15 is 0 Å². The molecule has 1 atom stereocenters. The van der Waals surface area contributed by atoms with E-state index in [1.54, 1.807) is 24.3 Å². The normalized spacial score (nSPS) is 15.2. The van der Waals surface area contributed by atoms with Gasteiger partial charge in [-0.2, -0.15) is 5.23 Å². The molecular weight excluding hydrogens is 474 g/mol. The molecule has 3 aromatic carbocycles. The number of rotatable bonds is 7. The molecule has 5 rings (SSSR count). The lowest BCUT2D eigenvalue weighted by molar-refractivity contribution is -0.991. The molecule has 37 heavy (non-hydrogen) atoms. The van der Waals surface area contributed by atoms with Gasteiger partial charge in [-0.25, -0.2) is 5.21 Å². The number of nitrogens with zero attached hydrogens (tertiary/aromatic N) is 2. The highest BCUT2D eigenvalue weighted by molar-refractivity contribution is 6.10. The monoisotopic (exact) mass is 499 g/mol. The molecule has 0 spiro atoms. The summed E-state index contributed by atoms with van der Waals surface area (Å²) in [5.41, 5.74) is 2.67. The minimum Gasteiger partial charge on any atom is -0.595 e. The van der Waals surface area contributed by atoms with Gasteiger partial charge < -0.3 is 26.5 Å². The molecule has 2 heterocycles. The summed E-state index contributed by atoms with van der Waals surface area (Å²) >= 11 is 0. The van der Waals surface area contributed by atoms with E-state index in [0.29, 0.717) is 11.4 Å². The number of benzene rings is 3. The Morgan fingerprint density at radius 1 is 0.784 bits per heavy atom. The number of aliphatic imine (C=N–C) groups is 2. The van der Waals surface area contributed by atoms with Crippen molar-refractivity contribution in [2.75, 3.05) is 36.8 Å². The summed E-state index contributed by atoms with van der Waals surface area (Å²) in [5, 5.41) is 32.2. The zero-order valence-corrected chi connectivity index (χ0v) is 19.7. The fourth-order valence-corrected chi connectivity index (χ4v) is 4.07. The van der Waals surface area contributed by atoms with Crippen LogP contribution in [0.5, 0.6) is 0 Å². The van der Waals surface area contributed by atoms with Crippen LogP contribution in [0.2, 0.25) is 0 Å². The number of anilines is 2. The minimum atomic E-state index is -1.31. The van der Waals surface area contributed by atoms with Crippen molar-refractivity contribution in [2.45, 2.75) is 0 Å². The van der Waals surface area contributed by atoms with Gasteiger partial charge in [-0.3, -0.25) is 19.6 Å². The number of amides is 2. The molecule has 0 saturated carbocycles. The Bertz CT molecular complexity index is 1380. The van der Waals surface area contributed by atoms with E-state index < -0.39 is 17.0 Å². The van der Waals surface area contributed by atoms with Crippen molar-refractivity contribution < 1.29 is 20.0 Å². The molecular formula is C26H25N7O4. The van der Waals surface area contributed by atoms with Crippen LogP contribution < -0.4 is 26.5 Å². The minimum absolute atomic E-state index is 0.0517. The summed E-state index contributed by atoms with van der Waals surface area (Å²) < 4.78 is 0. The van der Waals surface area contributed by atoms with Crippen LogP contribution in [-0.2, 0) is 0 Å². The van der Waals surface area contributed by atoms with Gasteiger partial charge in [0, 0.05) is 47.2 Å². The average Bonchev–Trinajstić information content (AvgIpc) is 3.64. The Hall–Kier alpha value is -4.58. The number of quaternary nitrogens is 1. The number of amidine groups is 2. The SMILES string of the molecule is O=C(Nc1ccc(C2=NCCN2)cc1)c1ccc(C(=O)Nc2ccc(C3=NCCN3)cc2)c([NH+]([O-])O)c1. The van der Waals surface area contributed by atoms with Crippen LogP contribution in [0.25, 0.3) is 0 Å². The quantitative estimate of drug-likeness (QED) is 0.269. The van der Waals surface area contributed by atoms with Gasteiger partial charge in [-0.15, -0.1) is 0 Å².